The van der Waals surface area contributed by atoms with Crippen LogP contribution >= 0.6 is 100 Å². The molecular formula is C95H148BrClN14O13P2S5. The predicted molar refractivity (Wildman–Crippen MR) is 552 cm³/mol. The van der Waals surface area contributed by atoms with Crippen molar-refractivity contribution < 1.29 is 58.5 Å². The third-order valence-electron chi connectivity index (χ3n) is 17.5. The number of oxazole rings is 6. The zero-order chi connectivity index (χ0) is 94.9. The van der Waals surface area contributed by atoms with E-state index in [0.29, 0.717) is 96.4 Å². The van der Waals surface area contributed by atoms with Gasteiger partial charge in [-0.2, -0.15) is 0 Å². The molecule has 11 aromatic heterocycles. The molecule has 131 heavy (non-hydrogen) atoms. The maximum absolute atomic E-state index is 12.3. The second kappa shape index (κ2) is 59.6. The van der Waals surface area contributed by atoms with Gasteiger partial charge >= 0.3 is 16.2 Å². The highest BCUT2D eigenvalue weighted by Gasteiger charge is 2.30. The maximum atomic E-state index is 12.3. The molecule has 0 amide bonds. The molecule has 36 heteroatoms. The number of carbonyl (C=O) groups is 1. The average Bonchev–Trinajstić information content (AvgIpc) is 1.70. The fourth-order valence-electron chi connectivity index (χ4n) is 10.6. The van der Waals surface area contributed by atoms with Gasteiger partial charge in [0.2, 0.25) is 35.3 Å². The smallest absolute Gasteiger partial charge is 0.339 e. The number of nitrogens with zero attached hydrogens (tertiary/aromatic N) is 11. The van der Waals surface area contributed by atoms with Crippen molar-refractivity contribution in [3.8, 4) is 0 Å². The van der Waals surface area contributed by atoms with Gasteiger partial charge in [0.1, 0.15) is 40.7 Å². The van der Waals surface area contributed by atoms with Crippen LogP contribution in [0, 0.1) is 13.8 Å². The van der Waals surface area contributed by atoms with Gasteiger partial charge in [0, 0.05) is 119 Å². The minimum atomic E-state index is -3.14. The zero-order valence-electron chi connectivity index (χ0n) is 79.3. The number of thiazole rings is 5. The summed E-state index contributed by atoms with van der Waals surface area (Å²) in [7, 11) is -4.20. The number of aromatic nitrogens is 11. The van der Waals surface area contributed by atoms with Gasteiger partial charge in [0.25, 0.3) is 0 Å². The number of anilines is 2. The summed E-state index contributed by atoms with van der Waals surface area (Å²) >= 11 is 16.6. The van der Waals surface area contributed by atoms with Crippen LogP contribution in [-0.2, 0) is 71.7 Å². The summed E-state index contributed by atoms with van der Waals surface area (Å²) in [5.41, 5.74) is 11.0. The van der Waals surface area contributed by atoms with Gasteiger partial charge in [-0.25, -0.2) is 54.8 Å². The first-order chi connectivity index (χ1) is 60.3. The Kier molecular flexibility index (Phi) is 54.6. The van der Waals surface area contributed by atoms with Crippen molar-refractivity contribution >= 4 is 166 Å². The van der Waals surface area contributed by atoms with E-state index in [1.54, 1.807) is 97.4 Å². The molecule has 0 unspecified atom stereocenters. The Morgan fingerprint density at radius 3 is 1.05 bits per heavy atom. The molecule has 0 aromatic carbocycles. The number of aryl methyl sites for hydroxylation is 2. The number of nitrogens with two attached hydrogens (primary N) is 2. The predicted octanol–water partition coefficient (Wildman–Crippen LogP) is 30.0. The quantitative estimate of drug-likeness (QED) is 0.0287. The number of hydrogen-bond donors (Lipinski definition) is 3. The van der Waals surface area contributed by atoms with Crippen LogP contribution in [0.2, 0.25) is 0 Å². The molecule has 2 saturated carbocycles. The molecule has 11 aromatic rings. The van der Waals surface area contributed by atoms with Crippen LogP contribution in [0.15, 0.2) is 98.6 Å². The summed E-state index contributed by atoms with van der Waals surface area (Å²) in [6.45, 7) is 53.3. The Labute approximate surface area is 815 Å². The van der Waals surface area contributed by atoms with E-state index in [-0.39, 0.29) is 60.9 Å². The largest absolute Gasteiger partial charge is 0.444 e. The molecular weight excluding hydrogens is 1880 g/mol. The third kappa shape index (κ3) is 47.7. The first-order valence-corrected chi connectivity index (χ1v) is 51.2. The number of halogens is 2. The molecule has 13 rings (SSSR count). The van der Waals surface area contributed by atoms with Crippen molar-refractivity contribution in [2.75, 3.05) is 44.1 Å². The number of carbonyl (C=O) groups excluding carboxylic acids is 1. The van der Waals surface area contributed by atoms with E-state index in [4.69, 9.17) is 72.2 Å². The summed E-state index contributed by atoms with van der Waals surface area (Å²) in [5.74, 6) is 9.05. The number of aldehydes is 1. The molecule has 5 N–H and O–H groups in total. The molecule has 0 saturated heterocycles. The third-order valence-corrected chi connectivity index (χ3v) is 26.0. The fourth-order valence-corrected chi connectivity index (χ4v) is 17.0. The van der Waals surface area contributed by atoms with E-state index >= 15 is 0 Å². The standard InChI is InChI=1S/C18H25N3OS.C13H16N2OS.C12H13BrN2OS.C12H15N3OS.C12H22NO4P.C8H12ClNO.C6H13N.C6H15O3P.C5H5NOS.3CH4/c1-18(2,3)15-12-19-16(22-15)10-9-14-11-20-17(23-14)21-13-7-5-4-6-8-13;1-9-14-7-10(17-9)5-6-12-15-8-11(16-12)13(2,3)4;2*1-12(2,3)9-7-14-10(16-9)5-4-8-6-15-11(13)17-8;1-6-15-18(14,16-7-2)9-11-13-8-10(17-11)12(3,4)5;1-8(2,3)6-5-10-7(4-9)11-6;7-6-4-2-1-3-5-6;1-4-7-10(8-5-2)9-6-3;1-4-6-2-5(3-7)8-4;;;/h9-13H,4-8H2,1-3H3,(H,20,21);5-8H,1-4H3;4-7H,1-3H3;4-7H,1-3H3,(H2,13,15);8H,6-7,9H2,1-5H3;5H,4H2,1-3H3;6H,1-5,7H2;4-6H2,1-3H3;2-3H,1H3;3*1H4/b10-9+;6-5+;2*5-4+;;;;;;;;. The van der Waals surface area contributed by atoms with Gasteiger partial charge in [0.15, 0.2) is 20.5 Å². The Morgan fingerprint density at radius 1 is 0.427 bits per heavy atom. The first kappa shape index (κ1) is 120. The lowest BCUT2D eigenvalue weighted by molar-refractivity contribution is 0.112. The monoisotopic (exact) mass is 2030 g/mol. The van der Waals surface area contributed by atoms with Gasteiger partial charge in [-0.1, -0.05) is 208 Å². The van der Waals surface area contributed by atoms with Crippen molar-refractivity contribution in [1.29, 1.82) is 0 Å². The number of nitrogen functional groups attached to an aromatic ring is 1. The second-order valence-corrected chi connectivity index (χ2v) is 45.8. The van der Waals surface area contributed by atoms with E-state index in [2.05, 4.69) is 180 Å². The van der Waals surface area contributed by atoms with E-state index in [1.807, 2.05) is 123 Å². The number of hydrogen-bond acceptors (Lipinski definition) is 32. The fraction of sp³-hybridized carbons (Fsp3) is 0.558. The van der Waals surface area contributed by atoms with Crippen LogP contribution in [0.25, 0.3) is 48.6 Å². The Morgan fingerprint density at radius 2 is 0.756 bits per heavy atom. The molecule has 0 atom stereocenters. The minimum absolute atomic E-state index is 0. The lowest BCUT2D eigenvalue weighted by Crippen LogP contribution is -2.22. The topological polar surface area (TPSA) is 365 Å². The highest BCUT2D eigenvalue weighted by Crippen LogP contribution is 2.51. The van der Waals surface area contributed by atoms with Crippen molar-refractivity contribution in [3.05, 3.63) is 176 Å². The van der Waals surface area contributed by atoms with Gasteiger partial charge in [0.05, 0.1) is 91.0 Å². The summed E-state index contributed by atoms with van der Waals surface area (Å²) in [4.78, 5) is 60.7. The molecule has 0 bridgehead atoms. The van der Waals surface area contributed by atoms with Crippen LogP contribution < -0.4 is 16.8 Å². The number of rotatable bonds is 24. The van der Waals surface area contributed by atoms with E-state index in [1.165, 1.54) is 86.9 Å². The Bertz CT molecular complexity index is 4830. The highest BCUT2D eigenvalue weighted by atomic mass is 79.9. The molecule has 730 valence electrons. The molecule has 2 aliphatic rings. The molecule has 27 nitrogen and oxygen atoms in total. The summed E-state index contributed by atoms with van der Waals surface area (Å²) in [6.07, 6.45) is 48.8. The first-order valence-electron chi connectivity index (χ1n) is 43.0. The van der Waals surface area contributed by atoms with Crippen LogP contribution in [0.5, 0.6) is 0 Å². The molecule has 0 spiro atoms. The van der Waals surface area contributed by atoms with Crippen LogP contribution in [0.3, 0.4) is 0 Å². The van der Waals surface area contributed by atoms with Gasteiger partial charge in [-0.3, -0.25) is 9.36 Å². The molecule has 11 heterocycles. The van der Waals surface area contributed by atoms with Crippen LogP contribution in [0.4, 0.5) is 10.3 Å². The molecule has 2 fully saturated rings. The summed E-state index contributed by atoms with van der Waals surface area (Å²) in [6, 6.07) is 1.13. The normalized spacial score (nSPS) is 13.4. The van der Waals surface area contributed by atoms with Crippen molar-refractivity contribution in [1.82, 2.24) is 54.8 Å². The van der Waals surface area contributed by atoms with E-state index in [9.17, 15) is 9.36 Å². The van der Waals surface area contributed by atoms with Crippen LogP contribution in [0.1, 0.15) is 355 Å². The van der Waals surface area contributed by atoms with E-state index < -0.39 is 16.2 Å². The minimum Gasteiger partial charge on any atom is -0.444 e. The summed E-state index contributed by atoms with van der Waals surface area (Å²) < 4.78 is 72.7. The second-order valence-electron chi connectivity index (χ2n) is 35.3. The Balaban J connectivity index is 0.000000507. The van der Waals surface area contributed by atoms with Crippen molar-refractivity contribution in [2.45, 2.75) is 316 Å². The lowest BCUT2D eigenvalue weighted by atomic mass is 9.94. The lowest BCUT2D eigenvalue weighted by Gasteiger charge is -2.22. The zero-order valence-corrected chi connectivity index (χ0v) is 87.5. The van der Waals surface area contributed by atoms with Gasteiger partial charge in [-0.15, -0.1) is 45.6 Å². The van der Waals surface area contributed by atoms with Crippen molar-refractivity contribution in [3.63, 3.8) is 0 Å². The van der Waals surface area contributed by atoms with E-state index in [0.717, 1.165) is 79.4 Å². The van der Waals surface area contributed by atoms with Gasteiger partial charge < -0.3 is 65.9 Å². The van der Waals surface area contributed by atoms with Gasteiger partial charge in [-0.05, 0) is 114 Å². The maximum Gasteiger partial charge on any atom is 0.339 e. The van der Waals surface area contributed by atoms with Crippen molar-refractivity contribution in [2.24, 2.45) is 5.73 Å². The molecule has 2 aliphatic carbocycles. The highest BCUT2D eigenvalue weighted by molar-refractivity contribution is 9.11. The average molecular weight is 2030 g/mol. The summed E-state index contributed by atoms with van der Waals surface area (Å²) in [5, 5.41) is 7.13. The SMILES string of the molecule is C.C.C.CC(C)(C)c1cnc(/C=C/c2cnc(Br)s2)o1.CC(C)(C)c1cnc(/C=C/c2cnc(N)s2)o1.CC(C)(C)c1cnc(/C=C/c2cnc(NC3CCCCC3)s2)o1.CC(C)(C)c1cnc(CCl)o1.CCOP(=O)(Cc1ncc(C(C)(C)C)o1)OCC.CCOP(OCC)OCC.Cc1ncc(/C=C/c2ncc(C(C)(C)C)o2)s1.Cc1ncc(C=O)s1.NC1CCCCC1. The number of nitrogens with one attached hydrogen (secondary N) is 1. The Hall–Kier alpha value is -7.17. The molecule has 0 radical (unpaired) electrons. The molecule has 0 aliphatic heterocycles. The van der Waals surface area contributed by atoms with Crippen LogP contribution in [-0.4, -0.2) is 106 Å². The number of alkyl halides is 1.